The van der Waals surface area contributed by atoms with Crippen LogP contribution in [0.4, 0.5) is 0 Å². The van der Waals surface area contributed by atoms with E-state index in [2.05, 4.69) is 6.92 Å². The molecule has 1 saturated carbocycles. The van der Waals surface area contributed by atoms with Gasteiger partial charge >= 0.3 is 0 Å². The number of rotatable bonds is 14. The fourth-order valence-corrected chi connectivity index (χ4v) is 4.28. The molecule has 0 heterocycles. The Morgan fingerprint density at radius 3 is 1.35 bits per heavy atom. The molecule has 138 valence electrons. The van der Waals surface area contributed by atoms with Crippen LogP contribution in [0.25, 0.3) is 0 Å². The molecule has 0 atom stereocenters. The van der Waals surface area contributed by atoms with Crippen LogP contribution in [0.2, 0.25) is 0 Å². The maximum atomic E-state index is 2.30. The van der Waals surface area contributed by atoms with Crippen LogP contribution in [0.1, 0.15) is 142 Å². The van der Waals surface area contributed by atoms with E-state index in [-0.39, 0.29) is 0 Å². The predicted octanol–water partition coefficient (Wildman–Crippen LogP) is 8.83. The van der Waals surface area contributed by atoms with Gasteiger partial charge in [-0.25, -0.2) is 0 Å². The predicted molar refractivity (Wildman–Crippen MR) is 106 cm³/mol. The van der Waals surface area contributed by atoms with Crippen molar-refractivity contribution in [2.45, 2.75) is 142 Å². The molecule has 0 unspecified atom stereocenters. The molecule has 0 saturated heterocycles. The first kappa shape index (κ1) is 21.0. The van der Waals surface area contributed by atoms with E-state index in [1.165, 1.54) is 135 Å². The van der Waals surface area contributed by atoms with E-state index in [9.17, 15) is 0 Å². The third-order valence-corrected chi connectivity index (χ3v) is 5.94. The minimum absolute atomic E-state index is 1.09. The number of unbranched alkanes of at least 4 members (excludes halogenated alkanes) is 12. The van der Waals surface area contributed by atoms with Crippen molar-refractivity contribution in [2.75, 3.05) is 0 Å². The summed E-state index contributed by atoms with van der Waals surface area (Å²) in [5.74, 6) is 1.09. The van der Waals surface area contributed by atoms with Crippen LogP contribution in [-0.4, -0.2) is 0 Å². The highest BCUT2D eigenvalue weighted by Gasteiger charge is 2.10. The standard InChI is InChI=1S/C23H46/c1-2-3-4-5-6-7-8-9-10-11-12-14-17-20-23-21-18-15-13-16-19-22-23/h23H,2-22H2,1H3. The average Bonchev–Trinajstić information content (AvgIpc) is 2.53. The van der Waals surface area contributed by atoms with Gasteiger partial charge in [-0.1, -0.05) is 142 Å². The fourth-order valence-electron chi connectivity index (χ4n) is 4.28. The Hall–Kier alpha value is 0. The normalized spacial score (nSPS) is 17.1. The first-order chi connectivity index (χ1) is 11.4. The molecular formula is C23H46. The monoisotopic (exact) mass is 322 g/mol. The molecule has 0 N–H and O–H groups in total. The second-order valence-corrected chi connectivity index (χ2v) is 8.24. The summed E-state index contributed by atoms with van der Waals surface area (Å²) < 4.78 is 0. The first-order valence-corrected chi connectivity index (χ1v) is 11.4. The zero-order chi connectivity index (χ0) is 16.4. The van der Waals surface area contributed by atoms with Crippen molar-refractivity contribution < 1.29 is 0 Å². The van der Waals surface area contributed by atoms with E-state index in [4.69, 9.17) is 0 Å². The van der Waals surface area contributed by atoms with Gasteiger partial charge in [0.25, 0.3) is 0 Å². The molecular weight excluding hydrogens is 276 g/mol. The topological polar surface area (TPSA) is 0 Å². The van der Waals surface area contributed by atoms with Gasteiger partial charge in [-0.3, -0.25) is 0 Å². The average molecular weight is 323 g/mol. The maximum absolute atomic E-state index is 2.30. The molecule has 0 spiro atoms. The Balaban J connectivity index is 1.75. The zero-order valence-electron chi connectivity index (χ0n) is 16.4. The lowest BCUT2D eigenvalue weighted by atomic mass is 9.87. The van der Waals surface area contributed by atoms with Crippen LogP contribution < -0.4 is 0 Å². The van der Waals surface area contributed by atoms with Crippen molar-refractivity contribution in [3.63, 3.8) is 0 Å². The van der Waals surface area contributed by atoms with Gasteiger partial charge in [-0.2, -0.15) is 0 Å². The maximum Gasteiger partial charge on any atom is -0.0414 e. The Labute approximate surface area is 148 Å². The van der Waals surface area contributed by atoms with Crippen molar-refractivity contribution in [2.24, 2.45) is 5.92 Å². The van der Waals surface area contributed by atoms with Crippen molar-refractivity contribution in [3.8, 4) is 0 Å². The highest BCUT2D eigenvalue weighted by molar-refractivity contribution is 4.64. The van der Waals surface area contributed by atoms with Crippen LogP contribution in [0.15, 0.2) is 0 Å². The fraction of sp³-hybridized carbons (Fsp3) is 1.00. The summed E-state index contributed by atoms with van der Waals surface area (Å²) >= 11 is 0. The van der Waals surface area contributed by atoms with Gasteiger partial charge in [-0.05, 0) is 5.92 Å². The van der Waals surface area contributed by atoms with Gasteiger partial charge < -0.3 is 0 Å². The highest BCUT2D eigenvalue weighted by atomic mass is 14.2. The van der Waals surface area contributed by atoms with Crippen LogP contribution in [-0.2, 0) is 0 Å². The quantitative estimate of drug-likeness (QED) is 0.280. The minimum atomic E-state index is 1.09. The third-order valence-electron chi connectivity index (χ3n) is 5.94. The molecule has 0 bridgehead atoms. The zero-order valence-corrected chi connectivity index (χ0v) is 16.4. The van der Waals surface area contributed by atoms with Crippen molar-refractivity contribution >= 4 is 0 Å². The molecule has 1 aliphatic carbocycles. The van der Waals surface area contributed by atoms with Crippen LogP contribution in [0.3, 0.4) is 0 Å². The van der Waals surface area contributed by atoms with Gasteiger partial charge in [0.05, 0.1) is 0 Å². The van der Waals surface area contributed by atoms with E-state index in [0.717, 1.165) is 5.92 Å². The molecule has 0 aliphatic heterocycles. The lowest BCUT2D eigenvalue weighted by molar-refractivity contribution is 0.346. The SMILES string of the molecule is CCCCCCCCCCCCCCCC1CCCCCCC1. The summed E-state index contributed by atoms with van der Waals surface area (Å²) in [6, 6.07) is 0. The van der Waals surface area contributed by atoms with Crippen LogP contribution in [0, 0.1) is 5.92 Å². The molecule has 0 nitrogen and oxygen atoms in total. The van der Waals surface area contributed by atoms with Gasteiger partial charge in [-0.15, -0.1) is 0 Å². The Morgan fingerprint density at radius 2 is 0.870 bits per heavy atom. The minimum Gasteiger partial charge on any atom is -0.0654 e. The van der Waals surface area contributed by atoms with E-state index in [0.29, 0.717) is 0 Å². The molecule has 0 heteroatoms. The highest BCUT2D eigenvalue weighted by Crippen LogP contribution is 2.26. The molecule has 0 radical (unpaired) electrons. The van der Waals surface area contributed by atoms with Crippen molar-refractivity contribution in [3.05, 3.63) is 0 Å². The van der Waals surface area contributed by atoms with E-state index in [1.807, 2.05) is 0 Å². The van der Waals surface area contributed by atoms with Gasteiger partial charge in [0.15, 0.2) is 0 Å². The molecule has 23 heavy (non-hydrogen) atoms. The second-order valence-electron chi connectivity index (χ2n) is 8.24. The van der Waals surface area contributed by atoms with E-state index >= 15 is 0 Å². The Bertz CT molecular complexity index is 212. The molecule has 1 rings (SSSR count). The first-order valence-electron chi connectivity index (χ1n) is 11.4. The molecule has 1 aliphatic rings. The largest absolute Gasteiger partial charge is 0.0654 e. The summed E-state index contributed by atoms with van der Waals surface area (Å²) in [4.78, 5) is 0. The third kappa shape index (κ3) is 14.1. The van der Waals surface area contributed by atoms with Gasteiger partial charge in [0.2, 0.25) is 0 Å². The molecule has 0 aromatic carbocycles. The molecule has 0 aromatic heterocycles. The second kappa shape index (κ2) is 16.8. The van der Waals surface area contributed by atoms with Gasteiger partial charge in [0, 0.05) is 0 Å². The summed E-state index contributed by atoms with van der Waals surface area (Å²) in [5, 5.41) is 0. The Kier molecular flexibility index (Phi) is 15.4. The molecule has 1 fully saturated rings. The van der Waals surface area contributed by atoms with Crippen molar-refractivity contribution in [1.82, 2.24) is 0 Å². The van der Waals surface area contributed by atoms with Crippen LogP contribution in [0.5, 0.6) is 0 Å². The summed E-state index contributed by atoms with van der Waals surface area (Å²) in [5.41, 5.74) is 0. The van der Waals surface area contributed by atoms with E-state index < -0.39 is 0 Å². The van der Waals surface area contributed by atoms with Crippen LogP contribution >= 0.6 is 0 Å². The molecule has 0 aromatic rings. The smallest absolute Gasteiger partial charge is 0.0414 e. The molecule has 0 amide bonds. The Morgan fingerprint density at radius 1 is 0.478 bits per heavy atom. The summed E-state index contributed by atoms with van der Waals surface area (Å²) in [6.07, 6.45) is 31.4. The van der Waals surface area contributed by atoms with Gasteiger partial charge in [0.1, 0.15) is 0 Å². The summed E-state index contributed by atoms with van der Waals surface area (Å²) in [6.45, 7) is 2.30. The van der Waals surface area contributed by atoms with E-state index in [1.54, 1.807) is 0 Å². The van der Waals surface area contributed by atoms with Crippen molar-refractivity contribution in [1.29, 1.82) is 0 Å². The number of hydrogen-bond acceptors (Lipinski definition) is 0. The lowest BCUT2D eigenvalue weighted by Crippen LogP contribution is -2.03. The number of hydrogen-bond donors (Lipinski definition) is 0. The lowest BCUT2D eigenvalue weighted by Gasteiger charge is -2.19. The summed E-state index contributed by atoms with van der Waals surface area (Å²) in [7, 11) is 0.